The third kappa shape index (κ3) is 2.27. The van der Waals surface area contributed by atoms with Crippen LogP contribution in [-0.4, -0.2) is 27.0 Å². The fraction of sp³-hybridized carbons (Fsp3) is 0.750. The monoisotopic (exact) mass is 288 g/mol. The van der Waals surface area contributed by atoms with Crippen LogP contribution < -0.4 is 11.1 Å². The maximum absolute atomic E-state index is 12.0. The molecular weight excluding hydrogens is 264 g/mol. The zero-order valence-corrected chi connectivity index (χ0v) is 12.5. The third-order valence-corrected chi connectivity index (χ3v) is 5.47. The summed E-state index contributed by atoms with van der Waals surface area (Å²) in [6, 6.07) is 0.881. The van der Waals surface area contributed by atoms with Gasteiger partial charge in [-0.05, 0) is 57.8 Å². The molecule has 21 heavy (non-hydrogen) atoms. The van der Waals surface area contributed by atoms with Crippen LogP contribution in [0.25, 0.3) is 0 Å². The maximum Gasteiger partial charge on any atom is 0.237 e. The summed E-state index contributed by atoms with van der Waals surface area (Å²) in [5, 5.41) is 3.53. The van der Waals surface area contributed by atoms with Crippen molar-refractivity contribution >= 4 is 5.91 Å². The number of fused-ring (bicyclic) bond motifs is 1. The summed E-state index contributed by atoms with van der Waals surface area (Å²) < 4.78 is 2.34. The predicted octanol–water partition coefficient (Wildman–Crippen LogP) is 1.46. The number of carbonyl (C=O) groups is 1. The van der Waals surface area contributed by atoms with Crippen molar-refractivity contribution in [3.63, 3.8) is 0 Å². The van der Waals surface area contributed by atoms with Crippen LogP contribution >= 0.6 is 0 Å². The van der Waals surface area contributed by atoms with E-state index in [0.29, 0.717) is 12.1 Å². The van der Waals surface area contributed by atoms with E-state index >= 15 is 0 Å². The number of imidazole rings is 1. The van der Waals surface area contributed by atoms with Crippen LogP contribution in [0.1, 0.15) is 62.4 Å². The van der Waals surface area contributed by atoms with Crippen molar-refractivity contribution in [2.75, 3.05) is 0 Å². The SMILES string of the molecule is NC(=O)C1(NC2CC2)CCC(n2cnc3c2CCCC3)C1. The normalized spacial score (nSPS) is 32.1. The summed E-state index contributed by atoms with van der Waals surface area (Å²) in [7, 11) is 0. The lowest BCUT2D eigenvalue weighted by atomic mass is 9.95. The quantitative estimate of drug-likeness (QED) is 0.881. The summed E-state index contributed by atoms with van der Waals surface area (Å²) in [4.78, 5) is 16.6. The van der Waals surface area contributed by atoms with Crippen LogP contribution in [-0.2, 0) is 17.6 Å². The van der Waals surface area contributed by atoms with Crippen LogP contribution in [0.5, 0.6) is 0 Å². The molecule has 0 bridgehead atoms. The number of carbonyl (C=O) groups excluding carboxylic acids is 1. The van der Waals surface area contributed by atoms with E-state index in [4.69, 9.17) is 5.73 Å². The highest BCUT2D eigenvalue weighted by atomic mass is 16.1. The Labute approximate surface area is 125 Å². The lowest BCUT2D eigenvalue weighted by Gasteiger charge is -2.28. The van der Waals surface area contributed by atoms with E-state index in [1.54, 1.807) is 0 Å². The number of aryl methyl sites for hydroxylation is 1. The molecule has 4 rings (SSSR count). The summed E-state index contributed by atoms with van der Waals surface area (Å²) >= 11 is 0. The first kappa shape index (κ1) is 13.3. The molecule has 3 aliphatic carbocycles. The zero-order chi connectivity index (χ0) is 14.4. The first-order chi connectivity index (χ1) is 10.2. The van der Waals surface area contributed by atoms with Gasteiger partial charge < -0.3 is 15.6 Å². The van der Waals surface area contributed by atoms with Gasteiger partial charge in [-0.3, -0.25) is 4.79 Å². The Morgan fingerprint density at radius 3 is 2.90 bits per heavy atom. The van der Waals surface area contributed by atoms with Crippen molar-refractivity contribution in [1.82, 2.24) is 14.9 Å². The second-order valence-electron chi connectivity index (χ2n) is 7.01. The van der Waals surface area contributed by atoms with E-state index in [1.165, 1.54) is 37.1 Å². The van der Waals surface area contributed by atoms with Gasteiger partial charge in [0.2, 0.25) is 5.91 Å². The average molecular weight is 288 g/mol. The fourth-order valence-corrected chi connectivity index (χ4v) is 4.11. The minimum Gasteiger partial charge on any atom is -0.368 e. The molecule has 5 nitrogen and oxygen atoms in total. The summed E-state index contributed by atoms with van der Waals surface area (Å²) in [6.45, 7) is 0. The number of hydrogen-bond acceptors (Lipinski definition) is 3. The van der Waals surface area contributed by atoms with Gasteiger partial charge in [-0.25, -0.2) is 4.98 Å². The number of amides is 1. The fourth-order valence-electron chi connectivity index (χ4n) is 4.11. The second kappa shape index (κ2) is 4.83. The van der Waals surface area contributed by atoms with Gasteiger partial charge >= 0.3 is 0 Å². The molecule has 2 atom stereocenters. The largest absolute Gasteiger partial charge is 0.368 e. The number of nitrogens with two attached hydrogens (primary N) is 1. The predicted molar refractivity (Wildman–Crippen MR) is 79.8 cm³/mol. The molecule has 1 aromatic rings. The number of aromatic nitrogens is 2. The van der Waals surface area contributed by atoms with Crippen molar-refractivity contribution in [1.29, 1.82) is 0 Å². The molecule has 0 spiro atoms. The van der Waals surface area contributed by atoms with Gasteiger partial charge in [-0.2, -0.15) is 0 Å². The molecule has 0 radical (unpaired) electrons. The first-order valence-corrected chi connectivity index (χ1v) is 8.30. The van der Waals surface area contributed by atoms with Crippen LogP contribution in [0.4, 0.5) is 0 Å². The summed E-state index contributed by atoms with van der Waals surface area (Å²) in [6.07, 6.45) is 11.8. The minimum absolute atomic E-state index is 0.175. The molecule has 2 fully saturated rings. The summed E-state index contributed by atoms with van der Waals surface area (Å²) in [5.41, 5.74) is 7.92. The Kier molecular flexibility index (Phi) is 3.06. The molecule has 5 heteroatoms. The number of hydrogen-bond donors (Lipinski definition) is 2. The highest BCUT2D eigenvalue weighted by Crippen LogP contribution is 2.41. The number of nitrogens with one attached hydrogen (secondary N) is 1. The highest BCUT2D eigenvalue weighted by Gasteiger charge is 2.47. The van der Waals surface area contributed by atoms with Crippen molar-refractivity contribution in [3.05, 3.63) is 17.7 Å². The molecule has 0 aliphatic heterocycles. The first-order valence-electron chi connectivity index (χ1n) is 8.30. The Balaban J connectivity index is 1.57. The molecule has 1 amide bonds. The molecule has 2 unspecified atom stereocenters. The van der Waals surface area contributed by atoms with E-state index < -0.39 is 5.54 Å². The van der Waals surface area contributed by atoms with Crippen molar-refractivity contribution in [2.45, 2.75) is 75.4 Å². The molecule has 0 aromatic carbocycles. The molecule has 3 N–H and O–H groups in total. The standard InChI is InChI=1S/C16H24N4O/c17-15(21)16(19-11-5-6-11)8-7-12(9-16)20-10-18-13-3-1-2-4-14(13)20/h10-12,19H,1-9H2,(H2,17,21). The third-order valence-electron chi connectivity index (χ3n) is 5.47. The topological polar surface area (TPSA) is 72.9 Å². The van der Waals surface area contributed by atoms with Gasteiger partial charge in [0.25, 0.3) is 0 Å². The number of primary amides is 1. The minimum atomic E-state index is -0.488. The molecule has 3 aliphatic rings. The number of nitrogens with zero attached hydrogens (tertiary/aromatic N) is 2. The van der Waals surface area contributed by atoms with Crippen molar-refractivity contribution in [3.8, 4) is 0 Å². The second-order valence-corrected chi connectivity index (χ2v) is 7.01. The summed E-state index contributed by atoms with van der Waals surface area (Å²) in [5.74, 6) is -0.175. The number of rotatable bonds is 4. The Bertz CT molecular complexity index is 563. The van der Waals surface area contributed by atoms with Crippen LogP contribution in [0, 0.1) is 0 Å². The van der Waals surface area contributed by atoms with Gasteiger partial charge in [0.15, 0.2) is 0 Å². The molecule has 1 aromatic heterocycles. The van der Waals surface area contributed by atoms with Crippen LogP contribution in [0.15, 0.2) is 6.33 Å². The van der Waals surface area contributed by atoms with Gasteiger partial charge in [0.05, 0.1) is 17.6 Å². The molecule has 1 heterocycles. The molecule has 0 saturated heterocycles. The van der Waals surface area contributed by atoms with E-state index in [9.17, 15) is 4.79 Å². The van der Waals surface area contributed by atoms with Gasteiger partial charge in [0.1, 0.15) is 0 Å². The molecule has 114 valence electrons. The van der Waals surface area contributed by atoms with E-state index in [0.717, 1.165) is 32.1 Å². The van der Waals surface area contributed by atoms with Gasteiger partial charge in [-0.1, -0.05) is 0 Å². The van der Waals surface area contributed by atoms with E-state index in [2.05, 4.69) is 14.9 Å². The van der Waals surface area contributed by atoms with E-state index in [1.807, 2.05) is 6.33 Å². The average Bonchev–Trinajstić information content (AvgIpc) is 3.01. The zero-order valence-electron chi connectivity index (χ0n) is 12.5. The van der Waals surface area contributed by atoms with Gasteiger partial charge in [-0.15, -0.1) is 0 Å². The molecule has 2 saturated carbocycles. The Morgan fingerprint density at radius 2 is 2.14 bits per heavy atom. The van der Waals surface area contributed by atoms with Crippen LogP contribution in [0.2, 0.25) is 0 Å². The highest BCUT2D eigenvalue weighted by molar-refractivity contribution is 5.85. The maximum atomic E-state index is 12.0. The van der Waals surface area contributed by atoms with Gasteiger partial charge in [0, 0.05) is 17.8 Å². The lowest BCUT2D eigenvalue weighted by Crippen LogP contribution is -2.54. The Hall–Kier alpha value is -1.36. The Morgan fingerprint density at radius 1 is 1.33 bits per heavy atom. The van der Waals surface area contributed by atoms with Crippen LogP contribution in [0.3, 0.4) is 0 Å². The van der Waals surface area contributed by atoms with Crippen molar-refractivity contribution in [2.24, 2.45) is 5.73 Å². The van der Waals surface area contributed by atoms with E-state index in [-0.39, 0.29) is 5.91 Å². The van der Waals surface area contributed by atoms with Crippen molar-refractivity contribution < 1.29 is 4.79 Å². The smallest absolute Gasteiger partial charge is 0.237 e. The lowest BCUT2D eigenvalue weighted by molar-refractivity contribution is -0.124. The molecular formula is C16H24N4O.